The topological polar surface area (TPSA) is 52.6 Å². The molecule has 0 aliphatic carbocycles. The number of hydrogen-bond donors (Lipinski definition) is 2. The maximum atomic E-state index is 12.6. The third-order valence-electron chi connectivity index (χ3n) is 4.93. The molecule has 2 heterocycles. The van der Waals surface area contributed by atoms with Gasteiger partial charge in [-0.25, -0.2) is 4.98 Å². The van der Waals surface area contributed by atoms with Gasteiger partial charge in [0.25, 0.3) is 0 Å². The SMILES string of the molecule is CCNC(=NCCCN1CCc2ccccc2C1)NCCc1nc(C(F)(F)F)cs1.I. The van der Waals surface area contributed by atoms with Crippen LogP contribution in [0.25, 0.3) is 0 Å². The molecule has 0 saturated heterocycles. The van der Waals surface area contributed by atoms with Gasteiger partial charge in [-0.1, -0.05) is 24.3 Å². The van der Waals surface area contributed by atoms with Crippen LogP contribution in [-0.4, -0.2) is 48.6 Å². The Morgan fingerprint density at radius 3 is 2.71 bits per heavy atom. The van der Waals surface area contributed by atoms with E-state index in [1.807, 2.05) is 6.92 Å². The van der Waals surface area contributed by atoms with Crippen LogP contribution in [0.15, 0.2) is 34.6 Å². The second kappa shape index (κ2) is 12.6. The van der Waals surface area contributed by atoms with E-state index in [1.54, 1.807) is 0 Å². The molecule has 31 heavy (non-hydrogen) atoms. The van der Waals surface area contributed by atoms with Crippen LogP contribution >= 0.6 is 35.3 Å². The fraction of sp³-hybridized carbons (Fsp3) is 0.524. The Balaban J connectivity index is 0.00000341. The number of alkyl halides is 3. The molecule has 0 atom stereocenters. The zero-order valence-electron chi connectivity index (χ0n) is 17.5. The van der Waals surface area contributed by atoms with Crippen LogP contribution in [0.4, 0.5) is 13.2 Å². The molecule has 5 nitrogen and oxygen atoms in total. The van der Waals surface area contributed by atoms with Crippen molar-refractivity contribution < 1.29 is 13.2 Å². The van der Waals surface area contributed by atoms with Gasteiger partial charge in [-0.15, -0.1) is 35.3 Å². The lowest BCUT2D eigenvalue weighted by atomic mass is 10.00. The Bertz CT molecular complexity index is 840. The van der Waals surface area contributed by atoms with Crippen LogP contribution in [0.2, 0.25) is 0 Å². The molecule has 0 fully saturated rings. The summed E-state index contributed by atoms with van der Waals surface area (Å²) in [6, 6.07) is 8.60. The number of hydrogen-bond acceptors (Lipinski definition) is 4. The van der Waals surface area contributed by atoms with Crippen LogP contribution < -0.4 is 10.6 Å². The van der Waals surface area contributed by atoms with E-state index >= 15 is 0 Å². The molecular formula is C21H29F3IN5S. The number of benzene rings is 1. The number of fused-ring (bicyclic) bond motifs is 1. The molecule has 0 saturated carbocycles. The predicted molar refractivity (Wildman–Crippen MR) is 130 cm³/mol. The summed E-state index contributed by atoms with van der Waals surface area (Å²) in [4.78, 5) is 10.7. The van der Waals surface area contributed by atoms with E-state index in [4.69, 9.17) is 0 Å². The van der Waals surface area contributed by atoms with E-state index in [0.717, 1.165) is 55.7 Å². The minimum absolute atomic E-state index is 0. The number of rotatable bonds is 8. The van der Waals surface area contributed by atoms with Crippen LogP contribution in [-0.2, 0) is 25.6 Å². The molecule has 0 amide bonds. The van der Waals surface area contributed by atoms with Gasteiger partial charge >= 0.3 is 6.18 Å². The molecule has 3 rings (SSSR count). The first-order valence-corrected chi connectivity index (χ1v) is 11.2. The van der Waals surface area contributed by atoms with Gasteiger partial charge in [-0.2, -0.15) is 13.2 Å². The van der Waals surface area contributed by atoms with Gasteiger partial charge in [0, 0.05) is 51.1 Å². The average molecular weight is 567 g/mol. The molecule has 1 aliphatic rings. The summed E-state index contributed by atoms with van der Waals surface area (Å²) in [5.74, 6) is 0.689. The highest BCUT2D eigenvalue weighted by Gasteiger charge is 2.33. The summed E-state index contributed by atoms with van der Waals surface area (Å²) < 4.78 is 37.9. The summed E-state index contributed by atoms with van der Waals surface area (Å²) in [5, 5.41) is 7.89. The highest BCUT2D eigenvalue weighted by Crippen LogP contribution is 2.30. The van der Waals surface area contributed by atoms with Crippen LogP contribution in [0.5, 0.6) is 0 Å². The molecule has 1 aromatic heterocycles. The third kappa shape index (κ3) is 8.23. The van der Waals surface area contributed by atoms with Crippen molar-refractivity contribution in [3.05, 3.63) is 51.5 Å². The van der Waals surface area contributed by atoms with Crippen molar-refractivity contribution in [2.45, 2.75) is 38.9 Å². The Labute approximate surface area is 202 Å². The number of aromatic nitrogens is 1. The molecule has 1 aliphatic heterocycles. The molecule has 1 aromatic carbocycles. The Kier molecular flexibility index (Phi) is 10.5. The smallest absolute Gasteiger partial charge is 0.357 e. The molecule has 2 N–H and O–H groups in total. The van der Waals surface area contributed by atoms with Gasteiger partial charge in [0.15, 0.2) is 11.7 Å². The Morgan fingerprint density at radius 2 is 2.00 bits per heavy atom. The summed E-state index contributed by atoms with van der Waals surface area (Å²) in [5.41, 5.74) is 2.05. The molecular weight excluding hydrogens is 538 g/mol. The predicted octanol–water partition coefficient (Wildman–Crippen LogP) is 4.33. The van der Waals surface area contributed by atoms with Crippen molar-refractivity contribution in [2.75, 3.05) is 32.7 Å². The lowest BCUT2D eigenvalue weighted by molar-refractivity contribution is -0.140. The van der Waals surface area contributed by atoms with Gasteiger partial charge in [0.1, 0.15) is 0 Å². The van der Waals surface area contributed by atoms with E-state index in [-0.39, 0.29) is 24.0 Å². The molecule has 172 valence electrons. The number of nitrogens with zero attached hydrogens (tertiary/aromatic N) is 3. The van der Waals surface area contributed by atoms with Gasteiger partial charge in [-0.3, -0.25) is 9.89 Å². The number of halogens is 4. The highest BCUT2D eigenvalue weighted by atomic mass is 127. The highest BCUT2D eigenvalue weighted by molar-refractivity contribution is 14.0. The fourth-order valence-electron chi connectivity index (χ4n) is 3.42. The van der Waals surface area contributed by atoms with Gasteiger partial charge in [0.05, 0.1) is 5.01 Å². The Hall–Kier alpha value is -1.40. The number of thiazole rings is 1. The lowest BCUT2D eigenvalue weighted by Gasteiger charge is -2.28. The van der Waals surface area contributed by atoms with Crippen molar-refractivity contribution in [3.8, 4) is 0 Å². The number of aliphatic imine (C=N–C) groups is 1. The van der Waals surface area contributed by atoms with E-state index in [0.29, 0.717) is 30.5 Å². The summed E-state index contributed by atoms with van der Waals surface area (Å²) >= 11 is 1.04. The minimum atomic E-state index is -4.38. The van der Waals surface area contributed by atoms with Gasteiger partial charge in [-0.05, 0) is 30.9 Å². The maximum absolute atomic E-state index is 12.6. The van der Waals surface area contributed by atoms with Gasteiger partial charge in [0.2, 0.25) is 0 Å². The van der Waals surface area contributed by atoms with Crippen molar-refractivity contribution in [1.82, 2.24) is 20.5 Å². The van der Waals surface area contributed by atoms with Crippen molar-refractivity contribution in [1.29, 1.82) is 0 Å². The first-order chi connectivity index (χ1) is 14.5. The quantitative estimate of drug-likeness (QED) is 0.216. The largest absolute Gasteiger partial charge is 0.434 e. The van der Waals surface area contributed by atoms with E-state index in [9.17, 15) is 13.2 Å². The van der Waals surface area contributed by atoms with Crippen molar-refractivity contribution in [2.24, 2.45) is 4.99 Å². The first kappa shape index (κ1) is 25.9. The zero-order valence-corrected chi connectivity index (χ0v) is 20.7. The minimum Gasteiger partial charge on any atom is -0.357 e. The number of guanidine groups is 1. The Morgan fingerprint density at radius 1 is 1.23 bits per heavy atom. The van der Waals surface area contributed by atoms with E-state index in [1.165, 1.54) is 11.1 Å². The van der Waals surface area contributed by atoms with Crippen LogP contribution in [0.1, 0.15) is 35.2 Å². The molecule has 0 unspecified atom stereocenters. The fourth-order valence-corrected chi connectivity index (χ4v) is 4.22. The first-order valence-electron chi connectivity index (χ1n) is 10.3. The second-order valence-corrected chi connectivity index (χ2v) is 8.15. The normalized spacial score (nSPS) is 14.6. The van der Waals surface area contributed by atoms with Crippen molar-refractivity contribution >= 4 is 41.3 Å². The van der Waals surface area contributed by atoms with E-state index < -0.39 is 11.9 Å². The maximum Gasteiger partial charge on any atom is 0.434 e. The standard InChI is InChI=1S/C21H28F3N5S.HI/c1-2-25-20(27-11-8-19-28-18(15-30-19)21(22,23)24)26-10-5-12-29-13-9-16-6-3-4-7-17(16)14-29;/h3-4,6-7,15H,2,5,8-14H2,1H3,(H2,25,26,27);1H. The molecule has 10 heteroatoms. The zero-order chi connectivity index (χ0) is 21.4. The molecule has 0 radical (unpaired) electrons. The summed E-state index contributed by atoms with van der Waals surface area (Å²) in [6.07, 6.45) is -1.90. The molecule has 0 spiro atoms. The van der Waals surface area contributed by atoms with E-state index in [2.05, 4.69) is 49.8 Å². The average Bonchev–Trinajstić information content (AvgIpc) is 3.20. The summed E-state index contributed by atoms with van der Waals surface area (Å²) in [7, 11) is 0. The van der Waals surface area contributed by atoms with Crippen LogP contribution in [0, 0.1) is 0 Å². The lowest BCUT2D eigenvalue weighted by Crippen LogP contribution is -2.38. The third-order valence-corrected chi connectivity index (χ3v) is 5.84. The van der Waals surface area contributed by atoms with Crippen molar-refractivity contribution in [3.63, 3.8) is 0 Å². The molecule has 0 bridgehead atoms. The van der Waals surface area contributed by atoms with Gasteiger partial charge < -0.3 is 10.6 Å². The second-order valence-electron chi connectivity index (χ2n) is 7.21. The summed E-state index contributed by atoms with van der Waals surface area (Å²) in [6.45, 7) is 6.96. The van der Waals surface area contributed by atoms with Crippen LogP contribution in [0.3, 0.4) is 0 Å². The molecule has 2 aromatic rings. The monoisotopic (exact) mass is 567 g/mol. The number of nitrogens with one attached hydrogen (secondary N) is 2.